The molecule has 36 heavy (non-hydrogen) atoms. The Labute approximate surface area is 209 Å². The third kappa shape index (κ3) is 4.12. The maximum atomic E-state index is 13.6. The standard InChI is InChI=1S/C25H31N7O4/c1-16(17-7-5-8-17)31(13-19-12-30(29-28-19)14-21(33)26-2)22(34)15-32-23(35)25(27-24(32)36)11-10-18-6-3-4-9-20(18)25/h3-4,6,9,12,16-17H,5,7-8,10-11,13-15H2,1-2H3,(H,26,33)(H,27,36)/t16-,25+/m0/s1. The third-order valence-electron chi connectivity index (χ3n) is 7.86. The Kier molecular flexibility index (Phi) is 6.23. The predicted octanol–water partition coefficient (Wildman–Crippen LogP) is 0.935. The minimum Gasteiger partial charge on any atom is -0.358 e. The molecule has 1 spiro atoms. The molecular weight excluding hydrogens is 462 g/mol. The summed E-state index contributed by atoms with van der Waals surface area (Å²) in [6, 6.07) is 6.99. The van der Waals surface area contributed by atoms with E-state index in [1.807, 2.05) is 31.2 Å². The van der Waals surface area contributed by atoms with Crippen molar-refractivity contribution in [2.24, 2.45) is 5.92 Å². The van der Waals surface area contributed by atoms with E-state index < -0.39 is 11.6 Å². The van der Waals surface area contributed by atoms with Gasteiger partial charge >= 0.3 is 6.03 Å². The summed E-state index contributed by atoms with van der Waals surface area (Å²) in [5, 5.41) is 13.5. The van der Waals surface area contributed by atoms with E-state index in [1.165, 1.54) is 4.68 Å². The lowest BCUT2D eigenvalue weighted by atomic mass is 9.79. The number of benzene rings is 1. The van der Waals surface area contributed by atoms with Crippen LogP contribution in [0.25, 0.3) is 0 Å². The van der Waals surface area contributed by atoms with Gasteiger partial charge in [0.05, 0.1) is 12.7 Å². The molecule has 190 valence electrons. The van der Waals surface area contributed by atoms with Gasteiger partial charge in [0.1, 0.15) is 24.3 Å². The van der Waals surface area contributed by atoms with Crippen LogP contribution in [0, 0.1) is 5.92 Å². The number of imide groups is 1. The number of nitrogens with one attached hydrogen (secondary N) is 2. The van der Waals surface area contributed by atoms with Gasteiger partial charge in [0, 0.05) is 13.1 Å². The number of amides is 5. The summed E-state index contributed by atoms with van der Waals surface area (Å²) in [7, 11) is 1.55. The molecule has 2 aliphatic carbocycles. The fourth-order valence-corrected chi connectivity index (χ4v) is 5.48. The summed E-state index contributed by atoms with van der Waals surface area (Å²) < 4.78 is 1.42. The van der Waals surface area contributed by atoms with Crippen molar-refractivity contribution in [2.45, 2.75) is 63.7 Å². The molecule has 0 radical (unpaired) electrons. The van der Waals surface area contributed by atoms with Crippen LogP contribution in [0.15, 0.2) is 30.5 Å². The topological polar surface area (TPSA) is 130 Å². The molecule has 1 saturated carbocycles. The fourth-order valence-electron chi connectivity index (χ4n) is 5.48. The molecule has 2 N–H and O–H groups in total. The Morgan fingerprint density at radius 3 is 2.75 bits per heavy atom. The van der Waals surface area contributed by atoms with Gasteiger partial charge in [-0.3, -0.25) is 19.3 Å². The first kappa shape index (κ1) is 24.0. The highest BCUT2D eigenvalue weighted by Crippen LogP contribution is 2.41. The van der Waals surface area contributed by atoms with Gasteiger partial charge in [0.15, 0.2) is 0 Å². The van der Waals surface area contributed by atoms with Crippen LogP contribution >= 0.6 is 0 Å². The minimum atomic E-state index is -1.10. The second-order valence-electron chi connectivity index (χ2n) is 9.92. The number of hydrogen-bond acceptors (Lipinski definition) is 6. The average molecular weight is 494 g/mol. The van der Waals surface area contributed by atoms with Gasteiger partial charge in [-0.1, -0.05) is 35.9 Å². The van der Waals surface area contributed by atoms with Crippen LogP contribution in [-0.2, 0) is 39.4 Å². The molecule has 1 aromatic carbocycles. The third-order valence-corrected chi connectivity index (χ3v) is 7.86. The quantitative estimate of drug-likeness (QED) is 0.527. The first-order valence-electron chi connectivity index (χ1n) is 12.4. The van der Waals surface area contributed by atoms with Crippen LogP contribution in [0.2, 0.25) is 0 Å². The maximum Gasteiger partial charge on any atom is 0.325 e. The molecule has 3 aliphatic rings. The van der Waals surface area contributed by atoms with E-state index in [0.717, 1.165) is 35.3 Å². The lowest BCUT2D eigenvalue weighted by Gasteiger charge is -2.39. The predicted molar refractivity (Wildman–Crippen MR) is 128 cm³/mol. The average Bonchev–Trinajstić information content (AvgIpc) is 3.49. The molecule has 2 fully saturated rings. The molecule has 0 unspecified atom stereocenters. The van der Waals surface area contributed by atoms with Crippen molar-refractivity contribution in [3.63, 3.8) is 0 Å². The zero-order valence-corrected chi connectivity index (χ0v) is 20.6. The zero-order valence-electron chi connectivity index (χ0n) is 20.6. The summed E-state index contributed by atoms with van der Waals surface area (Å²) in [6.45, 7) is 1.87. The number of likely N-dealkylation sites (N-methyl/N-ethyl adjacent to an activating group) is 1. The number of aromatic nitrogens is 3. The Morgan fingerprint density at radius 2 is 2.03 bits per heavy atom. The molecule has 1 saturated heterocycles. The van der Waals surface area contributed by atoms with E-state index >= 15 is 0 Å². The van der Waals surface area contributed by atoms with Crippen LogP contribution in [-0.4, -0.2) is 68.2 Å². The van der Waals surface area contributed by atoms with Crippen molar-refractivity contribution in [2.75, 3.05) is 13.6 Å². The second-order valence-corrected chi connectivity index (χ2v) is 9.92. The van der Waals surface area contributed by atoms with Crippen molar-refractivity contribution in [1.82, 2.24) is 35.4 Å². The molecule has 1 aromatic heterocycles. The Hall–Kier alpha value is -3.76. The Bertz CT molecular complexity index is 1210. The molecule has 1 aliphatic heterocycles. The molecule has 2 heterocycles. The van der Waals surface area contributed by atoms with Crippen molar-refractivity contribution in [3.8, 4) is 0 Å². The van der Waals surface area contributed by atoms with E-state index in [2.05, 4.69) is 20.9 Å². The van der Waals surface area contributed by atoms with Gasteiger partial charge in [0.2, 0.25) is 11.8 Å². The lowest BCUT2D eigenvalue weighted by Crippen LogP contribution is -2.49. The van der Waals surface area contributed by atoms with Crippen molar-refractivity contribution >= 4 is 23.8 Å². The number of carbonyl (C=O) groups excluding carboxylic acids is 4. The van der Waals surface area contributed by atoms with E-state index in [0.29, 0.717) is 24.5 Å². The molecule has 5 amide bonds. The SMILES string of the molecule is CNC(=O)Cn1cc(CN(C(=O)CN2C(=O)N[C@@]3(CCc4ccccc43)C2=O)[C@@H](C)C2CCC2)nn1. The first-order valence-corrected chi connectivity index (χ1v) is 12.4. The van der Waals surface area contributed by atoms with Gasteiger partial charge in [0.25, 0.3) is 5.91 Å². The van der Waals surface area contributed by atoms with Gasteiger partial charge in [-0.15, -0.1) is 5.10 Å². The fraction of sp³-hybridized carbons (Fsp3) is 0.520. The maximum absolute atomic E-state index is 13.6. The Morgan fingerprint density at radius 1 is 1.25 bits per heavy atom. The number of aryl methyl sites for hydroxylation is 1. The van der Waals surface area contributed by atoms with Gasteiger partial charge in [-0.25, -0.2) is 9.48 Å². The number of urea groups is 1. The highest BCUT2D eigenvalue weighted by Gasteiger charge is 2.55. The van der Waals surface area contributed by atoms with Crippen LogP contribution in [0.5, 0.6) is 0 Å². The van der Waals surface area contributed by atoms with E-state index in [1.54, 1.807) is 18.1 Å². The Balaban J connectivity index is 1.34. The van der Waals surface area contributed by atoms with Crippen molar-refractivity contribution in [3.05, 3.63) is 47.3 Å². The van der Waals surface area contributed by atoms with Crippen molar-refractivity contribution in [1.29, 1.82) is 0 Å². The van der Waals surface area contributed by atoms with Gasteiger partial charge in [-0.05, 0) is 49.7 Å². The van der Waals surface area contributed by atoms with Crippen LogP contribution in [0.1, 0.15) is 49.4 Å². The molecule has 0 bridgehead atoms. The molecule has 2 aromatic rings. The highest BCUT2D eigenvalue weighted by molar-refractivity contribution is 6.09. The molecule has 5 rings (SSSR count). The zero-order chi connectivity index (χ0) is 25.4. The smallest absolute Gasteiger partial charge is 0.325 e. The number of fused-ring (bicyclic) bond motifs is 2. The molecule has 2 atom stereocenters. The number of rotatable bonds is 8. The monoisotopic (exact) mass is 493 g/mol. The van der Waals surface area contributed by atoms with Crippen LogP contribution in [0.3, 0.4) is 0 Å². The number of hydrogen-bond donors (Lipinski definition) is 2. The first-order chi connectivity index (χ1) is 17.3. The van der Waals surface area contributed by atoms with Gasteiger partial charge < -0.3 is 15.5 Å². The van der Waals surface area contributed by atoms with Crippen LogP contribution in [0.4, 0.5) is 4.79 Å². The molecule has 11 nitrogen and oxygen atoms in total. The molecule has 11 heteroatoms. The van der Waals surface area contributed by atoms with Crippen molar-refractivity contribution < 1.29 is 19.2 Å². The van der Waals surface area contributed by atoms with Crippen LogP contribution < -0.4 is 10.6 Å². The number of nitrogens with zero attached hydrogens (tertiary/aromatic N) is 5. The summed E-state index contributed by atoms with van der Waals surface area (Å²) in [5.74, 6) is -0.546. The normalized spacial score (nSPS) is 21.8. The minimum absolute atomic E-state index is 0.0294. The highest BCUT2D eigenvalue weighted by atomic mass is 16.2. The van der Waals surface area contributed by atoms with E-state index in [9.17, 15) is 19.2 Å². The molecular formula is C25H31N7O4. The van der Waals surface area contributed by atoms with E-state index in [4.69, 9.17) is 0 Å². The summed E-state index contributed by atoms with van der Waals surface area (Å²) in [5.41, 5.74) is 1.29. The summed E-state index contributed by atoms with van der Waals surface area (Å²) >= 11 is 0. The second kappa shape index (κ2) is 9.36. The summed E-state index contributed by atoms with van der Waals surface area (Å²) in [6.07, 6.45) is 5.99. The lowest BCUT2D eigenvalue weighted by molar-refractivity contribution is -0.142. The summed E-state index contributed by atoms with van der Waals surface area (Å²) in [4.78, 5) is 54.5. The number of carbonyl (C=O) groups is 4. The van der Waals surface area contributed by atoms with E-state index in [-0.39, 0.29) is 43.4 Å². The van der Waals surface area contributed by atoms with Gasteiger partial charge in [-0.2, -0.15) is 0 Å². The largest absolute Gasteiger partial charge is 0.358 e.